The largest absolute Gasteiger partial charge is 0.465 e. The minimum Gasteiger partial charge on any atom is -0.465 e. The van der Waals surface area contributed by atoms with Gasteiger partial charge in [0.2, 0.25) is 5.76 Å². The van der Waals surface area contributed by atoms with Crippen molar-refractivity contribution >= 4 is 28.8 Å². The number of hydrogen-bond acceptors (Lipinski definition) is 7. The maximum Gasteiger partial charge on any atom is 0.376 e. The first-order valence-electron chi connectivity index (χ1n) is 10.4. The lowest BCUT2D eigenvalue weighted by Crippen LogP contribution is -2.45. The van der Waals surface area contributed by atoms with Crippen LogP contribution in [0, 0.1) is 5.41 Å². The Morgan fingerprint density at radius 2 is 1.72 bits per heavy atom. The molecular weight excluding hydrogens is 410 g/mol. The number of hydroxylamine groups is 2. The van der Waals surface area contributed by atoms with Gasteiger partial charge < -0.3 is 19.0 Å². The van der Waals surface area contributed by atoms with Crippen LogP contribution in [0.5, 0.6) is 0 Å². The Morgan fingerprint density at radius 1 is 1.03 bits per heavy atom. The van der Waals surface area contributed by atoms with Crippen molar-refractivity contribution in [2.75, 3.05) is 21.3 Å². The molecule has 7 nitrogen and oxygen atoms in total. The van der Waals surface area contributed by atoms with Crippen LogP contribution in [0.2, 0.25) is 0 Å². The highest BCUT2D eigenvalue weighted by Gasteiger charge is 2.65. The highest BCUT2D eigenvalue weighted by atomic mass is 16.7. The topological polar surface area (TPSA) is 74.3 Å². The van der Waals surface area contributed by atoms with Crippen LogP contribution in [-0.4, -0.2) is 50.1 Å². The van der Waals surface area contributed by atoms with Crippen LogP contribution in [0.15, 0.2) is 59.9 Å². The molecule has 0 amide bonds. The van der Waals surface area contributed by atoms with E-state index in [2.05, 4.69) is 0 Å². The summed E-state index contributed by atoms with van der Waals surface area (Å²) in [5.41, 5.74) is -0.376. The molecule has 4 rings (SSSR count). The van der Waals surface area contributed by atoms with Crippen molar-refractivity contribution < 1.29 is 28.6 Å². The van der Waals surface area contributed by atoms with Gasteiger partial charge in [-0.25, -0.2) is 9.59 Å². The first-order chi connectivity index (χ1) is 15.3. The molecule has 2 aromatic rings. The summed E-state index contributed by atoms with van der Waals surface area (Å²) in [6.07, 6.45) is 3.81. The number of methoxy groups -OCH3 is 3. The SMILES string of the molecule is COC(=O)C1=C(C(=O)OC)[C@@]2(/C=C/c3cccc4ccccc34)CC(C)(C)[C@H](OC)N2O1. The van der Waals surface area contributed by atoms with Gasteiger partial charge in [0.15, 0.2) is 0 Å². The molecule has 2 aliphatic rings. The molecule has 2 atom stereocenters. The van der Waals surface area contributed by atoms with Crippen molar-refractivity contribution in [1.82, 2.24) is 5.06 Å². The van der Waals surface area contributed by atoms with Crippen molar-refractivity contribution in [3.8, 4) is 0 Å². The molecule has 0 radical (unpaired) electrons. The number of ether oxygens (including phenoxy) is 3. The summed E-state index contributed by atoms with van der Waals surface area (Å²) >= 11 is 0. The molecule has 0 aliphatic carbocycles. The van der Waals surface area contributed by atoms with Crippen LogP contribution < -0.4 is 0 Å². The van der Waals surface area contributed by atoms with Crippen molar-refractivity contribution in [1.29, 1.82) is 0 Å². The van der Waals surface area contributed by atoms with E-state index in [9.17, 15) is 9.59 Å². The van der Waals surface area contributed by atoms with Gasteiger partial charge in [0.1, 0.15) is 17.3 Å². The molecule has 0 spiro atoms. The molecule has 2 aliphatic heterocycles. The Hall–Kier alpha value is -3.16. The van der Waals surface area contributed by atoms with E-state index in [1.165, 1.54) is 14.2 Å². The third kappa shape index (κ3) is 3.29. The average Bonchev–Trinajstić information content (AvgIpc) is 3.21. The summed E-state index contributed by atoms with van der Waals surface area (Å²) < 4.78 is 15.7. The second-order valence-electron chi connectivity index (χ2n) is 8.68. The zero-order valence-electron chi connectivity index (χ0n) is 18.9. The Balaban J connectivity index is 1.92. The quantitative estimate of drug-likeness (QED) is 0.658. The second-order valence-corrected chi connectivity index (χ2v) is 8.68. The Labute approximate surface area is 187 Å². The van der Waals surface area contributed by atoms with E-state index in [-0.39, 0.29) is 11.3 Å². The lowest BCUT2D eigenvalue weighted by Gasteiger charge is -2.31. The van der Waals surface area contributed by atoms with E-state index in [0.717, 1.165) is 16.3 Å². The molecular formula is C25H27NO6. The van der Waals surface area contributed by atoms with Gasteiger partial charge in [-0.05, 0) is 22.8 Å². The third-order valence-corrected chi connectivity index (χ3v) is 6.20. The predicted molar refractivity (Wildman–Crippen MR) is 119 cm³/mol. The third-order valence-electron chi connectivity index (χ3n) is 6.20. The van der Waals surface area contributed by atoms with E-state index >= 15 is 0 Å². The number of fused-ring (bicyclic) bond motifs is 2. The van der Waals surface area contributed by atoms with E-state index in [1.54, 1.807) is 12.2 Å². The second kappa shape index (κ2) is 8.07. The number of benzene rings is 2. The minimum atomic E-state index is -1.07. The summed E-state index contributed by atoms with van der Waals surface area (Å²) in [5.74, 6) is -1.58. The van der Waals surface area contributed by atoms with E-state index in [1.807, 2.05) is 68.5 Å². The zero-order valence-corrected chi connectivity index (χ0v) is 18.9. The van der Waals surface area contributed by atoms with Gasteiger partial charge >= 0.3 is 11.9 Å². The Morgan fingerprint density at radius 3 is 2.41 bits per heavy atom. The molecule has 1 fully saturated rings. The summed E-state index contributed by atoms with van der Waals surface area (Å²) in [4.78, 5) is 31.4. The van der Waals surface area contributed by atoms with Gasteiger partial charge in [-0.2, -0.15) is 0 Å². The van der Waals surface area contributed by atoms with Gasteiger partial charge in [0, 0.05) is 12.5 Å². The Bertz CT molecular complexity index is 1130. The summed E-state index contributed by atoms with van der Waals surface area (Å²) in [6, 6.07) is 14.1. The monoisotopic (exact) mass is 437 g/mol. The molecule has 2 aromatic carbocycles. The number of rotatable bonds is 5. The number of carbonyl (C=O) groups excluding carboxylic acids is 2. The smallest absolute Gasteiger partial charge is 0.376 e. The van der Waals surface area contributed by atoms with Crippen molar-refractivity contribution in [3.05, 3.63) is 65.4 Å². The van der Waals surface area contributed by atoms with Gasteiger partial charge in [0.05, 0.1) is 14.2 Å². The molecule has 0 N–H and O–H groups in total. The van der Waals surface area contributed by atoms with Crippen molar-refractivity contribution in [2.45, 2.75) is 32.0 Å². The van der Waals surface area contributed by atoms with E-state index in [4.69, 9.17) is 19.0 Å². The van der Waals surface area contributed by atoms with Crippen molar-refractivity contribution in [3.63, 3.8) is 0 Å². The molecule has 168 valence electrons. The van der Waals surface area contributed by atoms with Gasteiger partial charge in [-0.1, -0.05) is 73.5 Å². The molecule has 0 unspecified atom stereocenters. The fourth-order valence-electron chi connectivity index (χ4n) is 4.91. The van der Waals surface area contributed by atoms with Gasteiger partial charge in [-0.3, -0.25) is 0 Å². The molecule has 2 heterocycles. The van der Waals surface area contributed by atoms with E-state index < -0.39 is 29.1 Å². The van der Waals surface area contributed by atoms with Gasteiger partial charge in [0.25, 0.3) is 0 Å². The maximum absolute atomic E-state index is 13.0. The summed E-state index contributed by atoms with van der Waals surface area (Å²) in [5, 5.41) is 3.75. The molecule has 0 bridgehead atoms. The average molecular weight is 437 g/mol. The first kappa shape index (κ1) is 22.0. The number of hydrogen-bond donors (Lipinski definition) is 0. The normalized spacial score (nSPS) is 24.6. The predicted octanol–water partition coefficient (Wildman–Crippen LogP) is 3.84. The molecule has 1 saturated heterocycles. The lowest BCUT2D eigenvalue weighted by atomic mass is 9.78. The van der Waals surface area contributed by atoms with Crippen LogP contribution >= 0.6 is 0 Å². The van der Waals surface area contributed by atoms with E-state index in [0.29, 0.717) is 6.42 Å². The van der Waals surface area contributed by atoms with Crippen LogP contribution in [0.25, 0.3) is 16.8 Å². The maximum atomic E-state index is 13.0. The van der Waals surface area contributed by atoms with Crippen LogP contribution in [-0.2, 0) is 28.6 Å². The number of carbonyl (C=O) groups is 2. The minimum absolute atomic E-state index is 0.107. The highest BCUT2D eigenvalue weighted by Crippen LogP contribution is 2.55. The molecule has 32 heavy (non-hydrogen) atoms. The first-order valence-corrected chi connectivity index (χ1v) is 10.4. The van der Waals surface area contributed by atoms with Crippen LogP contribution in [0.3, 0.4) is 0 Å². The fourth-order valence-corrected chi connectivity index (χ4v) is 4.91. The number of nitrogens with zero attached hydrogens (tertiary/aromatic N) is 1. The van der Waals surface area contributed by atoms with Crippen LogP contribution in [0.4, 0.5) is 0 Å². The molecule has 7 heteroatoms. The molecule has 0 saturated carbocycles. The summed E-state index contributed by atoms with van der Waals surface area (Å²) in [6.45, 7) is 4.06. The van der Waals surface area contributed by atoms with Crippen LogP contribution in [0.1, 0.15) is 25.8 Å². The van der Waals surface area contributed by atoms with Gasteiger partial charge in [-0.15, -0.1) is 0 Å². The standard InChI is InChI=1S/C25H27NO6/c1-24(2)15-25(14-13-17-11-8-10-16-9-6-7-12-18(16)17)19(21(27)29-3)20(22(28)30-4)32-26(25)23(24)31-5/h6-14,23H,15H2,1-5H3/b14-13+/t23-,25+/m0/s1. The van der Waals surface area contributed by atoms with Crippen molar-refractivity contribution in [2.24, 2.45) is 5.41 Å². The highest BCUT2D eigenvalue weighted by molar-refractivity contribution is 6.02. The summed E-state index contributed by atoms with van der Waals surface area (Å²) in [7, 11) is 4.10. The number of esters is 2. The molecule has 0 aromatic heterocycles. The Kier molecular flexibility index (Phi) is 5.56. The zero-order chi connectivity index (χ0) is 23.1. The lowest BCUT2D eigenvalue weighted by molar-refractivity contribution is -0.231. The fraction of sp³-hybridized carbons (Fsp3) is 0.360.